The number of alkyl halides is 6. The Labute approximate surface area is 325 Å². The van der Waals surface area contributed by atoms with E-state index in [-0.39, 0.29) is 45.9 Å². The van der Waals surface area contributed by atoms with Crippen molar-refractivity contribution < 1.29 is 49.0 Å². The zero-order valence-electron chi connectivity index (χ0n) is 31.5. The molecule has 2 saturated heterocycles. The second kappa shape index (κ2) is 16.9. The highest BCUT2D eigenvalue weighted by Crippen LogP contribution is 2.36. The molecule has 19 heteroatoms. The minimum atomic E-state index is -4.65. The fourth-order valence-electron chi connectivity index (χ4n) is 6.99. The molecule has 2 aliphatic rings. The summed E-state index contributed by atoms with van der Waals surface area (Å²) in [6.45, 7) is 4.07. The third-order valence-corrected chi connectivity index (χ3v) is 11.8. The van der Waals surface area contributed by atoms with Crippen molar-refractivity contribution in [3.05, 3.63) is 72.3 Å². The SMILES string of the molecule is CC(=O)Nc1ccc(S(=O)(=O)N(C)c2ccc3c(c2)nc(C(F)(F)F)n3CC2CCOCC2)cc1.CNc1ccc2c(c1)nc(C(F)(F)F)n2CC1CCOCC1. The van der Waals surface area contributed by atoms with E-state index in [4.69, 9.17) is 9.47 Å². The first-order chi connectivity index (χ1) is 26.9. The van der Waals surface area contributed by atoms with Gasteiger partial charge < -0.3 is 29.2 Å². The quantitative estimate of drug-likeness (QED) is 0.144. The van der Waals surface area contributed by atoms with Gasteiger partial charge in [-0.25, -0.2) is 18.4 Å². The van der Waals surface area contributed by atoms with E-state index in [2.05, 4.69) is 20.6 Å². The van der Waals surface area contributed by atoms with E-state index in [1.54, 1.807) is 25.2 Å². The van der Waals surface area contributed by atoms with Crippen molar-refractivity contribution in [2.45, 2.75) is 62.9 Å². The van der Waals surface area contributed by atoms with Crippen LogP contribution in [0.1, 0.15) is 44.3 Å². The van der Waals surface area contributed by atoms with E-state index in [1.807, 2.05) is 0 Å². The van der Waals surface area contributed by atoms with Gasteiger partial charge in [-0.05, 0) is 98.2 Å². The van der Waals surface area contributed by atoms with Gasteiger partial charge in [-0.1, -0.05) is 0 Å². The van der Waals surface area contributed by atoms with Crippen molar-refractivity contribution >= 4 is 55.1 Å². The van der Waals surface area contributed by atoms with Gasteiger partial charge in [-0.3, -0.25) is 9.10 Å². The van der Waals surface area contributed by atoms with Crippen LogP contribution < -0.4 is 14.9 Å². The van der Waals surface area contributed by atoms with Gasteiger partial charge in [0, 0.05) is 71.9 Å². The lowest BCUT2D eigenvalue weighted by atomic mass is 10.0. The molecule has 0 aliphatic carbocycles. The number of nitrogens with zero attached hydrogens (tertiary/aromatic N) is 5. The molecule has 2 fully saturated rings. The molecule has 3 aromatic carbocycles. The second-order valence-electron chi connectivity index (χ2n) is 14.0. The monoisotopic (exact) mass is 823 g/mol. The Morgan fingerprint density at radius 1 is 0.754 bits per heavy atom. The number of halogens is 6. The smallest absolute Gasteiger partial charge is 0.388 e. The predicted octanol–water partition coefficient (Wildman–Crippen LogP) is 7.79. The molecule has 2 N–H and O–H groups in total. The predicted molar refractivity (Wildman–Crippen MR) is 202 cm³/mol. The van der Waals surface area contributed by atoms with Crippen molar-refractivity contribution in [1.82, 2.24) is 19.1 Å². The van der Waals surface area contributed by atoms with E-state index < -0.39 is 34.0 Å². The average Bonchev–Trinajstić information content (AvgIpc) is 3.73. The number of imidazole rings is 2. The number of fused-ring (bicyclic) bond motifs is 2. The number of carbonyl (C=O) groups is 1. The largest absolute Gasteiger partial charge is 0.449 e. The minimum absolute atomic E-state index is 0.0322. The van der Waals surface area contributed by atoms with Gasteiger partial charge in [-0.2, -0.15) is 26.3 Å². The molecule has 1 amide bonds. The fourth-order valence-corrected chi connectivity index (χ4v) is 8.17. The molecule has 0 atom stereocenters. The molecule has 0 bridgehead atoms. The van der Waals surface area contributed by atoms with Crippen molar-refractivity contribution in [1.29, 1.82) is 0 Å². The Balaban J connectivity index is 0.000000214. The molecule has 0 unspecified atom stereocenters. The summed E-state index contributed by atoms with van der Waals surface area (Å²) in [7, 11) is -0.962. The van der Waals surface area contributed by atoms with Crippen molar-refractivity contribution in [2.75, 3.05) is 55.5 Å². The second-order valence-corrected chi connectivity index (χ2v) is 16.0. The first kappa shape index (κ1) is 41.7. The Morgan fingerprint density at radius 2 is 1.21 bits per heavy atom. The van der Waals surface area contributed by atoms with Gasteiger partial charge in [0.25, 0.3) is 10.0 Å². The first-order valence-corrected chi connectivity index (χ1v) is 19.7. The number of hydrogen-bond donors (Lipinski definition) is 2. The average molecular weight is 824 g/mol. The molecule has 2 aromatic heterocycles. The van der Waals surface area contributed by atoms with Crippen LogP contribution in [-0.4, -0.2) is 74.0 Å². The van der Waals surface area contributed by atoms with Crippen molar-refractivity contribution in [3.8, 4) is 0 Å². The van der Waals surface area contributed by atoms with Crippen LogP contribution in [0.2, 0.25) is 0 Å². The lowest BCUT2D eigenvalue weighted by molar-refractivity contribution is -0.148. The first-order valence-electron chi connectivity index (χ1n) is 18.3. The maximum Gasteiger partial charge on any atom is 0.449 e. The number of carbonyl (C=O) groups excluding carboxylic acids is 1. The summed E-state index contributed by atoms with van der Waals surface area (Å²) in [6.07, 6.45) is -6.22. The molecule has 0 spiro atoms. The number of rotatable bonds is 9. The highest BCUT2D eigenvalue weighted by Gasteiger charge is 2.39. The van der Waals surface area contributed by atoms with Gasteiger partial charge in [0.1, 0.15) is 0 Å². The zero-order chi connectivity index (χ0) is 41.1. The van der Waals surface area contributed by atoms with Crippen LogP contribution in [0.25, 0.3) is 22.1 Å². The number of sulfonamides is 1. The van der Waals surface area contributed by atoms with E-state index in [9.17, 15) is 39.6 Å². The van der Waals surface area contributed by atoms with Gasteiger partial charge in [0.2, 0.25) is 17.6 Å². The summed E-state index contributed by atoms with van der Waals surface area (Å²) >= 11 is 0. The van der Waals surface area contributed by atoms with Gasteiger partial charge in [0.05, 0.1) is 32.6 Å². The number of anilines is 3. The minimum Gasteiger partial charge on any atom is -0.388 e. The maximum absolute atomic E-state index is 13.8. The number of aromatic nitrogens is 4. The summed E-state index contributed by atoms with van der Waals surface area (Å²) in [5.41, 5.74) is 2.60. The zero-order valence-corrected chi connectivity index (χ0v) is 32.3. The van der Waals surface area contributed by atoms with E-state index in [0.717, 1.165) is 22.8 Å². The van der Waals surface area contributed by atoms with Crippen LogP contribution in [0.15, 0.2) is 65.6 Å². The number of nitrogens with one attached hydrogen (secondary N) is 2. The summed E-state index contributed by atoms with van der Waals surface area (Å²) in [5.74, 6) is -1.89. The fraction of sp³-hybridized carbons (Fsp3) is 0.447. The molecule has 12 nitrogen and oxygen atoms in total. The normalized spacial score (nSPS) is 16.0. The van der Waals surface area contributed by atoms with Gasteiger partial charge >= 0.3 is 12.4 Å². The third-order valence-electron chi connectivity index (χ3n) is 10.0. The molecule has 5 aromatic rings. The van der Waals surface area contributed by atoms with E-state index in [1.165, 1.54) is 65.6 Å². The Bertz CT molecular complexity index is 2300. The molecule has 57 heavy (non-hydrogen) atoms. The standard InChI is InChI=1S/C23H25F3N4O4S.C15H18F3N3O/c1-15(31)27-17-3-6-19(7-4-17)35(32,33)29(2)18-5-8-21-20(13-18)28-22(23(24,25)26)30(21)14-16-9-11-34-12-10-16;1-19-11-2-3-13-12(8-11)20-14(15(16,17)18)21(13)9-10-4-6-22-7-5-10/h3-8,13,16H,9-12,14H2,1-2H3,(H,27,31);2-3,8,10,19H,4-7,9H2,1H3. The van der Waals surface area contributed by atoms with E-state index >= 15 is 0 Å². The Morgan fingerprint density at radius 3 is 1.67 bits per heavy atom. The van der Waals surface area contributed by atoms with Crippen LogP contribution in [-0.2, 0) is 49.7 Å². The van der Waals surface area contributed by atoms with Crippen LogP contribution in [0.4, 0.5) is 43.4 Å². The van der Waals surface area contributed by atoms with Crippen molar-refractivity contribution in [2.24, 2.45) is 11.8 Å². The molecule has 308 valence electrons. The Hall–Kier alpha value is -4.88. The number of hydrogen-bond acceptors (Lipinski definition) is 8. The number of benzene rings is 3. The number of amides is 1. The number of ether oxygens (including phenoxy) is 2. The topological polar surface area (TPSA) is 133 Å². The Kier molecular flexibility index (Phi) is 12.4. The molecule has 7 rings (SSSR count). The van der Waals surface area contributed by atoms with E-state index in [0.29, 0.717) is 62.5 Å². The highest BCUT2D eigenvalue weighted by molar-refractivity contribution is 7.92. The van der Waals surface area contributed by atoms with Crippen LogP contribution >= 0.6 is 0 Å². The molecule has 4 heterocycles. The van der Waals surface area contributed by atoms with Crippen LogP contribution in [0.5, 0.6) is 0 Å². The molecule has 0 radical (unpaired) electrons. The van der Waals surface area contributed by atoms with Crippen LogP contribution in [0.3, 0.4) is 0 Å². The highest BCUT2D eigenvalue weighted by atomic mass is 32.2. The van der Waals surface area contributed by atoms with Gasteiger partial charge in [0.15, 0.2) is 0 Å². The summed E-state index contributed by atoms with van der Waals surface area (Å²) < 4.78 is 122. The maximum atomic E-state index is 13.8. The van der Waals surface area contributed by atoms with Gasteiger partial charge in [-0.15, -0.1) is 0 Å². The molecule has 0 saturated carbocycles. The molecular weight excluding hydrogens is 781 g/mol. The lowest BCUT2D eigenvalue weighted by Gasteiger charge is -2.24. The third kappa shape index (κ3) is 9.64. The lowest BCUT2D eigenvalue weighted by Crippen LogP contribution is -2.26. The summed E-state index contributed by atoms with van der Waals surface area (Å²) in [6, 6.07) is 15.0. The molecule has 2 aliphatic heterocycles. The van der Waals surface area contributed by atoms with Crippen molar-refractivity contribution in [3.63, 3.8) is 0 Å². The molecular formula is C38H43F6N7O5S. The summed E-state index contributed by atoms with van der Waals surface area (Å²) in [5, 5.41) is 5.48. The van der Waals surface area contributed by atoms with Crippen LogP contribution in [0, 0.1) is 11.8 Å². The summed E-state index contributed by atoms with van der Waals surface area (Å²) in [4.78, 5) is 18.8.